The molecule has 0 saturated carbocycles. The van der Waals surface area contributed by atoms with Crippen molar-refractivity contribution in [1.29, 1.82) is 0 Å². The molecule has 0 aliphatic rings. The van der Waals surface area contributed by atoms with Crippen molar-refractivity contribution in [3.05, 3.63) is 70.3 Å². The van der Waals surface area contributed by atoms with Gasteiger partial charge < -0.3 is 13.8 Å². The van der Waals surface area contributed by atoms with E-state index in [0.29, 0.717) is 17.8 Å². The molecule has 0 spiro atoms. The fraction of sp³-hybridized carbons (Fsp3) is 0.200. The summed E-state index contributed by atoms with van der Waals surface area (Å²) in [4.78, 5) is 29.9. The summed E-state index contributed by atoms with van der Waals surface area (Å²) >= 11 is 0. The Balaban J connectivity index is 1.69. The van der Waals surface area contributed by atoms with Gasteiger partial charge in [-0.3, -0.25) is 14.8 Å². The molecule has 29 heavy (non-hydrogen) atoms. The highest BCUT2D eigenvalue weighted by atomic mass is 16.5. The maximum Gasteiger partial charge on any atom is 0.263 e. The number of ether oxygens (including phenoxy) is 1. The van der Waals surface area contributed by atoms with Crippen LogP contribution in [-0.2, 0) is 6.54 Å². The SMILES string of the molecule is COc1c(C)cnc(Cn2cccc(-c3nc(-c4cnccn4)no3)c2=O)c1C. The summed E-state index contributed by atoms with van der Waals surface area (Å²) in [6, 6.07) is 3.40. The Morgan fingerprint density at radius 2 is 2.03 bits per heavy atom. The summed E-state index contributed by atoms with van der Waals surface area (Å²) in [5.41, 5.74) is 3.09. The molecular weight excluding hydrogens is 372 g/mol. The number of aromatic nitrogens is 6. The van der Waals surface area contributed by atoms with E-state index in [1.807, 2.05) is 13.8 Å². The smallest absolute Gasteiger partial charge is 0.263 e. The summed E-state index contributed by atoms with van der Waals surface area (Å²) < 4.78 is 12.3. The van der Waals surface area contributed by atoms with E-state index in [1.165, 1.54) is 12.4 Å². The van der Waals surface area contributed by atoms with E-state index in [-0.39, 0.29) is 17.3 Å². The van der Waals surface area contributed by atoms with Crippen molar-refractivity contribution in [2.75, 3.05) is 7.11 Å². The minimum Gasteiger partial charge on any atom is -0.496 e. The highest BCUT2D eigenvalue weighted by molar-refractivity contribution is 5.55. The van der Waals surface area contributed by atoms with Crippen LogP contribution >= 0.6 is 0 Å². The third-order valence-corrected chi connectivity index (χ3v) is 4.54. The molecule has 0 amide bonds. The monoisotopic (exact) mass is 390 g/mol. The van der Waals surface area contributed by atoms with Crippen LogP contribution in [0, 0.1) is 13.8 Å². The largest absolute Gasteiger partial charge is 0.496 e. The number of hydrogen-bond donors (Lipinski definition) is 0. The Morgan fingerprint density at radius 3 is 2.79 bits per heavy atom. The topological polar surface area (TPSA) is 109 Å². The van der Waals surface area contributed by atoms with Crippen LogP contribution in [0.3, 0.4) is 0 Å². The Hall–Kier alpha value is -3.88. The molecule has 4 heterocycles. The van der Waals surface area contributed by atoms with Crippen molar-refractivity contribution in [2.45, 2.75) is 20.4 Å². The average Bonchev–Trinajstić information content (AvgIpc) is 3.22. The molecule has 0 N–H and O–H groups in total. The van der Waals surface area contributed by atoms with Crippen LogP contribution in [0.1, 0.15) is 16.8 Å². The molecule has 9 nitrogen and oxygen atoms in total. The Kier molecular flexibility index (Phi) is 4.86. The molecule has 0 aromatic carbocycles. The zero-order chi connectivity index (χ0) is 20.4. The first kappa shape index (κ1) is 18.5. The fourth-order valence-corrected chi connectivity index (χ4v) is 3.07. The van der Waals surface area contributed by atoms with Gasteiger partial charge in [0.05, 0.1) is 25.5 Å². The Morgan fingerprint density at radius 1 is 1.17 bits per heavy atom. The van der Waals surface area contributed by atoms with Gasteiger partial charge in [-0.15, -0.1) is 0 Å². The summed E-state index contributed by atoms with van der Waals surface area (Å²) in [7, 11) is 1.62. The molecular formula is C20H18N6O3. The number of aryl methyl sites for hydroxylation is 1. The lowest BCUT2D eigenvalue weighted by atomic mass is 10.1. The van der Waals surface area contributed by atoms with Gasteiger partial charge in [0.25, 0.3) is 11.4 Å². The van der Waals surface area contributed by atoms with Crippen LogP contribution in [0.15, 0.2) is 52.4 Å². The molecule has 9 heteroatoms. The maximum absolute atomic E-state index is 13.0. The third-order valence-electron chi connectivity index (χ3n) is 4.54. The molecule has 0 aliphatic carbocycles. The van der Waals surface area contributed by atoms with Crippen molar-refractivity contribution in [1.82, 2.24) is 29.7 Å². The predicted molar refractivity (Wildman–Crippen MR) is 104 cm³/mol. The van der Waals surface area contributed by atoms with E-state index in [0.717, 1.165) is 22.6 Å². The average molecular weight is 390 g/mol. The molecule has 146 valence electrons. The van der Waals surface area contributed by atoms with Crippen LogP contribution < -0.4 is 10.3 Å². The molecule has 0 unspecified atom stereocenters. The van der Waals surface area contributed by atoms with Gasteiger partial charge in [-0.2, -0.15) is 4.98 Å². The molecule has 0 aliphatic heterocycles. The van der Waals surface area contributed by atoms with Gasteiger partial charge in [0.2, 0.25) is 5.82 Å². The highest BCUT2D eigenvalue weighted by Gasteiger charge is 2.17. The van der Waals surface area contributed by atoms with Crippen molar-refractivity contribution in [3.8, 4) is 28.7 Å². The van der Waals surface area contributed by atoms with Crippen LogP contribution in [0.4, 0.5) is 0 Å². The standard InChI is InChI=1S/C20H18N6O3/c1-12-9-23-16(13(2)17(12)28-3)11-26-8-4-5-14(20(26)27)19-24-18(25-29-19)15-10-21-6-7-22-15/h4-10H,11H2,1-3H3. The van der Waals surface area contributed by atoms with E-state index in [2.05, 4.69) is 25.1 Å². The second-order valence-electron chi connectivity index (χ2n) is 6.41. The minimum atomic E-state index is -0.261. The second-order valence-corrected chi connectivity index (χ2v) is 6.41. The number of nitrogens with zero attached hydrogens (tertiary/aromatic N) is 6. The first-order valence-electron chi connectivity index (χ1n) is 8.87. The van der Waals surface area contributed by atoms with Crippen molar-refractivity contribution < 1.29 is 9.26 Å². The third kappa shape index (κ3) is 3.49. The summed E-state index contributed by atoms with van der Waals surface area (Å²) in [5.74, 6) is 1.16. The molecule has 0 fully saturated rings. The van der Waals surface area contributed by atoms with Gasteiger partial charge in [-0.05, 0) is 26.0 Å². The van der Waals surface area contributed by atoms with Gasteiger partial charge >= 0.3 is 0 Å². The minimum absolute atomic E-state index is 0.121. The number of rotatable bonds is 5. The molecule has 4 aromatic heterocycles. The first-order valence-corrected chi connectivity index (χ1v) is 8.87. The number of hydrogen-bond acceptors (Lipinski definition) is 8. The molecule has 4 aromatic rings. The number of methoxy groups -OCH3 is 1. The van der Waals surface area contributed by atoms with Gasteiger partial charge in [0.1, 0.15) is 17.0 Å². The van der Waals surface area contributed by atoms with E-state index in [1.54, 1.807) is 42.4 Å². The van der Waals surface area contributed by atoms with Gasteiger partial charge in [0.15, 0.2) is 0 Å². The Labute approximate surface area is 166 Å². The van der Waals surface area contributed by atoms with E-state index >= 15 is 0 Å². The fourth-order valence-electron chi connectivity index (χ4n) is 3.07. The number of pyridine rings is 2. The van der Waals surface area contributed by atoms with Crippen molar-refractivity contribution >= 4 is 0 Å². The maximum atomic E-state index is 13.0. The molecule has 0 bridgehead atoms. The Bertz CT molecular complexity index is 1220. The molecule has 0 saturated heterocycles. The zero-order valence-electron chi connectivity index (χ0n) is 16.2. The summed E-state index contributed by atoms with van der Waals surface area (Å²) in [5, 5.41) is 3.90. The van der Waals surface area contributed by atoms with E-state index < -0.39 is 0 Å². The predicted octanol–water partition coefficient (Wildman–Crippen LogP) is 2.42. The lowest BCUT2D eigenvalue weighted by molar-refractivity contribution is 0.406. The van der Waals surface area contributed by atoms with Crippen molar-refractivity contribution in [3.63, 3.8) is 0 Å². The van der Waals surface area contributed by atoms with Crippen LogP contribution in [0.25, 0.3) is 23.0 Å². The highest BCUT2D eigenvalue weighted by Crippen LogP contribution is 2.24. The summed E-state index contributed by atoms with van der Waals surface area (Å²) in [6.45, 7) is 4.15. The lowest BCUT2D eigenvalue weighted by Gasteiger charge is -2.13. The second kappa shape index (κ2) is 7.63. The van der Waals surface area contributed by atoms with Crippen LogP contribution in [0.2, 0.25) is 0 Å². The van der Waals surface area contributed by atoms with E-state index in [4.69, 9.17) is 9.26 Å². The van der Waals surface area contributed by atoms with Crippen LogP contribution in [0.5, 0.6) is 5.75 Å². The van der Waals surface area contributed by atoms with E-state index in [9.17, 15) is 4.79 Å². The molecule has 0 radical (unpaired) electrons. The normalized spacial score (nSPS) is 10.9. The van der Waals surface area contributed by atoms with Gasteiger partial charge in [-0.25, -0.2) is 4.98 Å². The quantitative estimate of drug-likeness (QED) is 0.511. The first-order chi connectivity index (χ1) is 14.1. The lowest BCUT2D eigenvalue weighted by Crippen LogP contribution is -2.22. The molecule has 4 rings (SSSR count). The summed E-state index contributed by atoms with van der Waals surface area (Å²) in [6.07, 6.45) is 8.04. The van der Waals surface area contributed by atoms with Gasteiger partial charge in [-0.1, -0.05) is 5.16 Å². The zero-order valence-corrected chi connectivity index (χ0v) is 16.2. The van der Waals surface area contributed by atoms with Gasteiger partial charge in [0, 0.05) is 35.9 Å². The van der Waals surface area contributed by atoms with Crippen LogP contribution in [-0.4, -0.2) is 36.8 Å². The molecule has 0 atom stereocenters. The van der Waals surface area contributed by atoms with Crippen molar-refractivity contribution in [2.24, 2.45) is 0 Å².